The maximum Gasteiger partial charge on any atom is 0.407 e. The van der Waals surface area contributed by atoms with Gasteiger partial charge in [0.05, 0.1) is 12.3 Å². The van der Waals surface area contributed by atoms with Crippen molar-refractivity contribution in [3.8, 4) is 28.5 Å². The second-order valence-corrected chi connectivity index (χ2v) is 11.5. The molecule has 0 saturated heterocycles. The van der Waals surface area contributed by atoms with Gasteiger partial charge in [0.15, 0.2) is 11.6 Å². The molecule has 0 saturated carbocycles. The number of pyridine rings is 1. The van der Waals surface area contributed by atoms with E-state index in [1.807, 2.05) is 0 Å². The number of carbonyl (C=O) groups is 1. The molecule has 2 N–H and O–H groups in total. The smallest absolute Gasteiger partial charge is 0.407 e. The quantitative estimate of drug-likeness (QED) is 0.300. The average molecular weight is 564 g/mol. The first-order chi connectivity index (χ1) is 18.2. The fourth-order valence-corrected chi connectivity index (χ4v) is 3.96. The summed E-state index contributed by atoms with van der Waals surface area (Å²) in [5.41, 5.74) is 1.14. The molecule has 1 heterocycles. The third-order valence-electron chi connectivity index (χ3n) is 5.01. The molecule has 0 aliphatic carbocycles. The van der Waals surface area contributed by atoms with Gasteiger partial charge in [-0.25, -0.2) is 27.0 Å². The van der Waals surface area contributed by atoms with Gasteiger partial charge >= 0.3 is 6.09 Å². The van der Waals surface area contributed by atoms with Crippen LogP contribution in [0.2, 0.25) is 0 Å². The second-order valence-electron chi connectivity index (χ2n) is 9.51. The zero-order chi connectivity index (χ0) is 28.8. The van der Waals surface area contributed by atoms with Crippen LogP contribution in [-0.2, 0) is 14.8 Å². The molecule has 0 spiro atoms. The van der Waals surface area contributed by atoms with Crippen LogP contribution in [0.5, 0.6) is 17.4 Å². The van der Waals surface area contributed by atoms with E-state index < -0.39 is 33.4 Å². The summed E-state index contributed by atoms with van der Waals surface area (Å²) in [5, 5.41) is 2.59. The number of carbonyl (C=O) groups excluding carboxylic acids is 1. The third-order valence-corrected chi connectivity index (χ3v) is 6.31. The SMILES string of the molecule is CCS(=O)(=O)Nc1ccc(Oc2ccc(F)cc2F)c(-c2cc(C)nc(OCCNC(=O)OC(C)(C)C)c2)c1. The number of aromatic nitrogens is 1. The summed E-state index contributed by atoms with van der Waals surface area (Å²) in [4.78, 5) is 16.2. The van der Waals surface area contributed by atoms with E-state index >= 15 is 0 Å². The Morgan fingerprint density at radius 3 is 2.41 bits per heavy atom. The monoisotopic (exact) mass is 563 g/mol. The number of sulfonamides is 1. The van der Waals surface area contributed by atoms with Crippen molar-refractivity contribution in [2.24, 2.45) is 0 Å². The standard InChI is InChI=1S/C27H31F2N3O6S/c1-6-39(34,35)32-20-8-10-23(37-24-9-7-19(28)15-22(24)29)21(16-20)18-13-17(2)31-25(14-18)36-12-11-30-26(33)38-27(3,4)5/h7-10,13-16,32H,6,11-12H2,1-5H3,(H,30,33). The number of nitrogens with one attached hydrogen (secondary N) is 2. The topological polar surface area (TPSA) is 116 Å². The summed E-state index contributed by atoms with van der Waals surface area (Å²) < 4.78 is 71.2. The Labute approximate surface area is 226 Å². The Morgan fingerprint density at radius 2 is 1.74 bits per heavy atom. The van der Waals surface area contributed by atoms with E-state index in [1.54, 1.807) is 39.8 Å². The van der Waals surface area contributed by atoms with Crippen molar-refractivity contribution < 1.29 is 36.2 Å². The van der Waals surface area contributed by atoms with E-state index in [-0.39, 0.29) is 42.0 Å². The number of hydrogen-bond donors (Lipinski definition) is 2. The predicted molar refractivity (Wildman–Crippen MR) is 144 cm³/mol. The molecule has 0 bridgehead atoms. The van der Waals surface area contributed by atoms with Crippen molar-refractivity contribution in [1.82, 2.24) is 10.3 Å². The van der Waals surface area contributed by atoms with E-state index in [2.05, 4.69) is 15.0 Å². The third kappa shape index (κ3) is 9.10. The van der Waals surface area contributed by atoms with Crippen LogP contribution in [0.25, 0.3) is 11.1 Å². The van der Waals surface area contributed by atoms with Gasteiger partial charge in [0, 0.05) is 29.1 Å². The number of nitrogens with zero attached hydrogens (tertiary/aromatic N) is 1. The van der Waals surface area contributed by atoms with Gasteiger partial charge in [-0.1, -0.05) is 0 Å². The number of aryl methyl sites for hydroxylation is 1. The molecule has 2 aromatic carbocycles. The molecule has 1 aromatic heterocycles. The summed E-state index contributed by atoms with van der Waals surface area (Å²) in [6.45, 7) is 8.76. The van der Waals surface area contributed by atoms with Gasteiger partial charge in [-0.15, -0.1) is 0 Å². The molecule has 210 valence electrons. The zero-order valence-electron chi connectivity index (χ0n) is 22.3. The first-order valence-electron chi connectivity index (χ1n) is 12.1. The summed E-state index contributed by atoms with van der Waals surface area (Å²) in [5.74, 6) is -1.58. The molecule has 9 nitrogen and oxygen atoms in total. The van der Waals surface area contributed by atoms with Crippen LogP contribution in [0.3, 0.4) is 0 Å². The minimum Gasteiger partial charge on any atom is -0.476 e. The highest BCUT2D eigenvalue weighted by molar-refractivity contribution is 7.92. The van der Waals surface area contributed by atoms with Crippen LogP contribution in [-0.4, -0.2) is 44.0 Å². The molecule has 0 aliphatic rings. The Hall–Kier alpha value is -3.93. The largest absolute Gasteiger partial charge is 0.476 e. The van der Waals surface area contributed by atoms with Crippen LogP contribution < -0.4 is 19.5 Å². The lowest BCUT2D eigenvalue weighted by atomic mass is 10.0. The summed E-state index contributed by atoms with van der Waals surface area (Å²) in [6.07, 6.45) is -0.579. The molecule has 0 radical (unpaired) electrons. The molecule has 3 rings (SSSR count). The van der Waals surface area contributed by atoms with E-state index in [4.69, 9.17) is 14.2 Å². The van der Waals surface area contributed by atoms with Crippen molar-refractivity contribution in [1.29, 1.82) is 0 Å². The Morgan fingerprint density at radius 1 is 1.03 bits per heavy atom. The molecule has 0 fully saturated rings. The summed E-state index contributed by atoms with van der Waals surface area (Å²) >= 11 is 0. The molecular formula is C27H31F2N3O6S. The van der Waals surface area contributed by atoms with Gasteiger partial charge in [-0.3, -0.25) is 4.72 Å². The normalized spacial score (nSPS) is 11.6. The van der Waals surface area contributed by atoms with E-state index in [0.29, 0.717) is 22.9 Å². The van der Waals surface area contributed by atoms with Gasteiger partial charge < -0.3 is 19.5 Å². The Balaban J connectivity index is 1.90. The Kier molecular flexibility index (Phi) is 9.33. The van der Waals surface area contributed by atoms with Crippen LogP contribution in [0.15, 0.2) is 48.5 Å². The fraction of sp³-hybridized carbons (Fsp3) is 0.333. The fourth-order valence-electron chi connectivity index (χ4n) is 3.33. The molecule has 0 aliphatic heterocycles. The predicted octanol–water partition coefficient (Wildman–Crippen LogP) is 5.79. The van der Waals surface area contributed by atoms with Crippen molar-refractivity contribution in [2.45, 2.75) is 40.2 Å². The minimum absolute atomic E-state index is 0.0929. The van der Waals surface area contributed by atoms with Crippen molar-refractivity contribution in [3.63, 3.8) is 0 Å². The van der Waals surface area contributed by atoms with Gasteiger partial charge in [0.2, 0.25) is 15.9 Å². The minimum atomic E-state index is -3.58. The van der Waals surface area contributed by atoms with E-state index in [9.17, 15) is 22.0 Å². The second kappa shape index (κ2) is 12.3. The van der Waals surface area contributed by atoms with Gasteiger partial charge in [0.25, 0.3) is 0 Å². The number of anilines is 1. The highest BCUT2D eigenvalue weighted by atomic mass is 32.2. The number of rotatable bonds is 10. The van der Waals surface area contributed by atoms with Gasteiger partial charge in [-0.05, 0) is 76.6 Å². The number of alkyl carbamates (subject to hydrolysis) is 1. The molecular weight excluding hydrogens is 532 g/mol. The summed E-state index contributed by atoms with van der Waals surface area (Å²) in [6, 6.07) is 10.7. The van der Waals surface area contributed by atoms with Gasteiger partial charge in [-0.2, -0.15) is 0 Å². The number of hydrogen-bond acceptors (Lipinski definition) is 7. The van der Waals surface area contributed by atoms with Crippen LogP contribution in [0.4, 0.5) is 19.3 Å². The van der Waals surface area contributed by atoms with Crippen LogP contribution in [0, 0.1) is 18.6 Å². The number of halogens is 2. The molecule has 0 atom stereocenters. The summed E-state index contributed by atoms with van der Waals surface area (Å²) in [7, 11) is -3.58. The Bertz CT molecular complexity index is 1440. The van der Waals surface area contributed by atoms with E-state index in [1.165, 1.54) is 25.1 Å². The number of ether oxygens (including phenoxy) is 3. The molecule has 3 aromatic rings. The molecule has 12 heteroatoms. The van der Waals surface area contributed by atoms with E-state index in [0.717, 1.165) is 12.1 Å². The maximum atomic E-state index is 14.3. The zero-order valence-corrected chi connectivity index (χ0v) is 23.1. The lowest BCUT2D eigenvalue weighted by Crippen LogP contribution is -2.34. The van der Waals surface area contributed by atoms with Crippen molar-refractivity contribution in [2.75, 3.05) is 23.6 Å². The maximum absolute atomic E-state index is 14.3. The highest BCUT2D eigenvalue weighted by Gasteiger charge is 2.17. The molecule has 1 amide bonds. The number of amides is 1. The number of benzene rings is 2. The lowest BCUT2D eigenvalue weighted by Gasteiger charge is -2.19. The molecule has 39 heavy (non-hydrogen) atoms. The highest BCUT2D eigenvalue weighted by Crippen LogP contribution is 2.38. The van der Waals surface area contributed by atoms with Crippen LogP contribution >= 0.6 is 0 Å². The molecule has 0 unspecified atom stereocenters. The van der Waals surface area contributed by atoms with Crippen molar-refractivity contribution >= 4 is 21.8 Å². The van der Waals surface area contributed by atoms with Crippen LogP contribution in [0.1, 0.15) is 33.4 Å². The average Bonchev–Trinajstić information content (AvgIpc) is 2.83. The first kappa shape index (κ1) is 29.6. The van der Waals surface area contributed by atoms with Crippen molar-refractivity contribution in [3.05, 3.63) is 65.9 Å². The first-order valence-corrected chi connectivity index (χ1v) is 13.8. The lowest BCUT2D eigenvalue weighted by molar-refractivity contribution is 0.0519. The van der Waals surface area contributed by atoms with Gasteiger partial charge in [0.1, 0.15) is 23.8 Å².